The third-order valence-electron chi connectivity index (χ3n) is 4.13. The third-order valence-corrected chi connectivity index (χ3v) is 4.49. The second-order valence-electron chi connectivity index (χ2n) is 5.98. The first-order valence-electron chi connectivity index (χ1n) is 8.60. The molecule has 25 heavy (non-hydrogen) atoms. The third kappa shape index (κ3) is 5.81. The van der Waals surface area contributed by atoms with Crippen LogP contribution in [0.25, 0.3) is 0 Å². The van der Waals surface area contributed by atoms with E-state index in [2.05, 4.69) is 20.1 Å². The summed E-state index contributed by atoms with van der Waals surface area (Å²) in [7, 11) is 0. The van der Waals surface area contributed by atoms with Crippen LogP contribution < -0.4 is 5.32 Å². The zero-order valence-electron chi connectivity index (χ0n) is 14.3. The van der Waals surface area contributed by atoms with Gasteiger partial charge in [-0.05, 0) is 42.9 Å². The summed E-state index contributed by atoms with van der Waals surface area (Å²) < 4.78 is 10.9. The topological polar surface area (TPSA) is 53.8 Å². The summed E-state index contributed by atoms with van der Waals surface area (Å²) in [6.45, 7) is 6.25. The first-order valence-corrected chi connectivity index (χ1v) is 9.00. The molecule has 0 spiro atoms. The van der Waals surface area contributed by atoms with Crippen molar-refractivity contribution < 1.29 is 9.15 Å². The number of ether oxygens (including phenoxy) is 1. The van der Waals surface area contributed by atoms with Gasteiger partial charge in [-0.3, -0.25) is 9.88 Å². The molecule has 1 aliphatic rings. The molecule has 3 heterocycles. The Morgan fingerprint density at radius 3 is 2.88 bits per heavy atom. The average molecular weight is 360 g/mol. The predicted molar refractivity (Wildman–Crippen MR) is 101 cm³/mol. The Morgan fingerprint density at radius 1 is 1.28 bits per heavy atom. The van der Waals surface area contributed by atoms with E-state index >= 15 is 0 Å². The molecule has 0 unspecified atom stereocenters. The highest BCUT2D eigenvalue weighted by Crippen LogP contribution is 2.11. The molecule has 2 aromatic rings. The van der Waals surface area contributed by atoms with Gasteiger partial charge in [0.05, 0.1) is 37.9 Å². The first-order chi connectivity index (χ1) is 12.3. The molecule has 0 saturated carbocycles. The Labute approximate surface area is 153 Å². The minimum absolute atomic E-state index is 0.655. The molecule has 134 valence electrons. The van der Waals surface area contributed by atoms with Crippen molar-refractivity contribution in [1.82, 2.24) is 14.8 Å². The van der Waals surface area contributed by atoms with Gasteiger partial charge in [-0.15, -0.1) is 0 Å². The normalized spacial score (nSPS) is 15.0. The van der Waals surface area contributed by atoms with Crippen molar-refractivity contribution >= 4 is 23.0 Å². The van der Waals surface area contributed by atoms with Gasteiger partial charge in [-0.1, -0.05) is 0 Å². The number of pyridine rings is 1. The maximum atomic E-state index is 5.61. The second kappa shape index (κ2) is 9.50. The van der Waals surface area contributed by atoms with Crippen molar-refractivity contribution in [3.8, 4) is 0 Å². The number of furan rings is 1. The lowest BCUT2D eigenvalue weighted by Gasteiger charge is -2.29. The summed E-state index contributed by atoms with van der Waals surface area (Å²) in [5, 5.41) is 3.95. The molecule has 0 amide bonds. The van der Waals surface area contributed by atoms with Crippen molar-refractivity contribution in [2.45, 2.75) is 13.0 Å². The molecule has 0 radical (unpaired) electrons. The number of rotatable bonds is 7. The molecular weight excluding hydrogens is 336 g/mol. The molecule has 3 rings (SSSR count). The molecule has 1 saturated heterocycles. The zero-order chi connectivity index (χ0) is 17.3. The Kier molecular flexibility index (Phi) is 6.79. The molecule has 0 atom stereocenters. The lowest BCUT2D eigenvalue weighted by Crippen LogP contribution is -2.39. The summed E-state index contributed by atoms with van der Waals surface area (Å²) in [5.74, 6) is 0.904. The maximum Gasteiger partial charge on any atom is 0.173 e. The second-order valence-corrected chi connectivity index (χ2v) is 6.37. The molecule has 0 bridgehead atoms. The van der Waals surface area contributed by atoms with Crippen LogP contribution in [-0.4, -0.2) is 59.3 Å². The highest BCUT2D eigenvalue weighted by molar-refractivity contribution is 7.80. The van der Waals surface area contributed by atoms with Crippen LogP contribution in [0.2, 0.25) is 0 Å². The van der Waals surface area contributed by atoms with Gasteiger partial charge in [0, 0.05) is 32.4 Å². The zero-order valence-corrected chi connectivity index (χ0v) is 15.1. The molecule has 1 N–H and O–H groups in total. The monoisotopic (exact) mass is 360 g/mol. The Bertz CT molecular complexity index is 630. The van der Waals surface area contributed by atoms with Crippen molar-refractivity contribution in [2.75, 3.05) is 44.7 Å². The summed E-state index contributed by atoms with van der Waals surface area (Å²) in [5.41, 5.74) is 0.894. The molecule has 1 aliphatic heterocycles. The van der Waals surface area contributed by atoms with E-state index in [0.29, 0.717) is 11.7 Å². The molecule has 2 aromatic heterocycles. The van der Waals surface area contributed by atoms with E-state index < -0.39 is 0 Å². The van der Waals surface area contributed by atoms with E-state index in [4.69, 9.17) is 21.4 Å². The van der Waals surface area contributed by atoms with Crippen molar-refractivity contribution in [3.05, 3.63) is 48.7 Å². The largest absolute Gasteiger partial charge is 0.467 e. The quantitative estimate of drug-likeness (QED) is 0.762. The van der Waals surface area contributed by atoms with Crippen LogP contribution in [0.3, 0.4) is 0 Å². The van der Waals surface area contributed by atoms with Gasteiger partial charge in [0.25, 0.3) is 0 Å². The highest BCUT2D eigenvalue weighted by atomic mass is 32.1. The van der Waals surface area contributed by atoms with Crippen molar-refractivity contribution in [2.24, 2.45) is 0 Å². The summed E-state index contributed by atoms with van der Waals surface area (Å²) >= 11 is 5.61. The van der Waals surface area contributed by atoms with Gasteiger partial charge in [0.15, 0.2) is 5.11 Å². The van der Waals surface area contributed by atoms with Crippen LogP contribution in [0.1, 0.15) is 12.2 Å². The molecule has 1 fully saturated rings. The van der Waals surface area contributed by atoms with Crippen LogP contribution in [0.4, 0.5) is 5.69 Å². The Hall–Kier alpha value is -1.96. The number of nitrogens with zero attached hydrogens (tertiary/aromatic N) is 3. The number of nitrogens with one attached hydrogen (secondary N) is 1. The van der Waals surface area contributed by atoms with Crippen LogP contribution >= 0.6 is 12.2 Å². The van der Waals surface area contributed by atoms with Gasteiger partial charge in [0.1, 0.15) is 5.76 Å². The molecule has 0 aliphatic carbocycles. The minimum atomic E-state index is 0.655. The van der Waals surface area contributed by atoms with Gasteiger partial charge < -0.3 is 19.4 Å². The maximum absolute atomic E-state index is 5.61. The van der Waals surface area contributed by atoms with E-state index in [1.807, 2.05) is 24.3 Å². The number of thiocarbonyl (C=S) groups is 1. The summed E-state index contributed by atoms with van der Waals surface area (Å²) in [6, 6.07) is 7.72. The standard InChI is InChI=1S/C18H24N4O2S/c25-18(20-16-4-1-6-19-14-16)22(15-17-5-2-11-24-17)8-3-7-21-9-12-23-13-10-21/h1-2,4-6,11,14H,3,7-10,12-13,15H2,(H,20,25). The minimum Gasteiger partial charge on any atom is -0.467 e. The number of morpholine rings is 1. The molecule has 0 aromatic carbocycles. The van der Waals surface area contributed by atoms with Crippen LogP contribution in [0.5, 0.6) is 0 Å². The van der Waals surface area contributed by atoms with Gasteiger partial charge >= 0.3 is 0 Å². The van der Waals surface area contributed by atoms with E-state index in [1.165, 1.54) is 0 Å². The summed E-state index contributed by atoms with van der Waals surface area (Å²) in [4.78, 5) is 8.70. The van der Waals surface area contributed by atoms with E-state index in [0.717, 1.165) is 57.3 Å². The number of hydrogen-bond donors (Lipinski definition) is 1. The fraction of sp³-hybridized carbons (Fsp3) is 0.444. The Balaban J connectivity index is 1.55. The highest BCUT2D eigenvalue weighted by Gasteiger charge is 2.14. The lowest BCUT2D eigenvalue weighted by atomic mass is 10.3. The van der Waals surface area contributed by atoms with Crippen LogP contribution in [0.15, 0.2) is 47.3 Å². The van der Waals surface area contributed by atoms with Crippen LogP contribution in [-0.2, 0) is 11.3 Å². The van der Waals surface area contributed by atoms with Crippen molar-refractivity contribution in [3.63, 3.8) is 0 Å². The van der Waals surface area contributed by atoms with E-state index in [1.54, 1.807) is 18.7 Å². The first kappa shape index (κ1) is 17.8. The lowest BCUT2D eigenvalue weighted by molar-refractivity contribution is 0.0367. The SMILES string of the molecule is S=C(Nc1cccnc1)N(CCCN1CCOCC1)Cc1ccco1. The Morgan fingerprint density at radius 2 is 2.16 bits per heavy atom. The number of hydrogen-bond acceptors (Lipinski definition) is 5. The van der Waals surface area contributed by atoms with E-state index in [-0.39, 0.29) is 0 Å². The van der Waals surface area contributed by atoms with E-state index in [9.17, 15) is 0 Å². The van der Waals surface area contributed by atoms with Crippen LogP contribution in [0, 0.1) is 0 Å². The molecule has 6 nitrogen and oxygen atoms in total. The van der Waals surface area contributed by atoms with Gasteiger partial charge in [-0.2, -0.15) is 0 Å². The molecular formula is C18H24N4O2S. The number of aromatic nitrogens is 1. The average Bonchev–Trinajstić information content (AvgIpc) is 3.16. The smallest absolute Gasteiger partial charge is 0.173 e. The van der Waals surface area contributed by atoms with Gasteiger partial charge in [-0.25, -0.2) is 0 Å². The fourth-order valence-corrected chi connectivity index (χ4v) is 3.07. The van der Waals surface area contributed by atoms with Gasteiger partial charge in [0.2, 0.25) is 0 Å². The summed E-state index contributed by atoms with van der Waals surface area (Å²) in [6.07, 6.45) is 6.25. The van der Waals surface area contributed by atoms with Crippen molar-refractivity contribution in [1.29, 1.82) is 0 Å². The predicted octanol–water partition coefficient (Wildman–Crippen LogP) is 2.60. The fourth-order valence-electron chi connectivity index (χ4n) is 2.79. The number of anilines is 1. The molecule has 7 heteroatoms.